The van der Waals surface area contributed by atoms with E-state index in [-0.39, 0.29) is 50.9 Å². The van der Waals surface area contributed by atoms with Crippen LogP contribution in [0.2, 0.25) is 0 Å². The summed E-state index contributed by atoms with van der Waals surface area (Å²) in [6.07, 6.45) is 0.0673. The highest BCUT2D eigenvalue weighted by Gasteiger charge is 2.35. The molecular weight excluding hydrogens is 449 g/mol. The van der Waals surface area contributed by atoms with E-state index in [0.717, 1.165) is 23.3 Å². The number of likely N-dealkylation sites (tertiary alicyclic amines) is 1. The molecule has 0 aromatic heterocycles. The molecule has 2 aliphatic heterocycles. The minimum Gasteiger partial charge on any atom is -0.379 e. The Morgan fingerprint density at radius 1 is 1.15 bits per heavy atom. The third kappa shape index (κ3) is 5.23. The lowest BCUT2D eigenvalue weighted by molar-refractivity contribution is -0.128. The van der Waals surface area contributed by atoms with E-state index >= 15 is 0 Å². The van der Waals surface area contributed by atoms with Crippen LogP contribution in [0.25, 0.3) is 0 Å². The molecule has 0 unspecified atom stereocenters. The number of hydrogen-bond donors (Lipinski definition) is 1. The quantitative estimate of drug-likeness (QED) is 0.691. The van der Waals surface area contributed by atoms with Crippen molar-refractivity contribution in [3.63, 3.8) is 0 Å². The highest BCUT2D eigenvalue weighted by molar-refractivity contribution is 7.89. The average molecular weight is 476 g/mol. The predicted octanol–water partition coefficient (Wildman–Crippen LogP) is 2.14. The summed E-state index contributed by atoms with van der Waals surface area (Å²) in [5, 5.41) is 2.65. The van der Waals surface area contributed by atoms with Crippen LogP contribution < -0.4 is 5.32 Å². The van der Waals surface area contributed by atoms with Gasteiger partial charge in [-0.2, -0.15) is 4.31 Å². The molecular formula is C23H26FN3O5S. The Bertz CT molecular complexity index is 1150. The van der Waals surface area contributed by atoms with Crippen molar-refractivity contribution in [2.45, 2.75) is 24.8 Å². The van der Waals surface area contributed by atoms with Crippen molar-refractivity contribution in [3.05, 3.63) is 59.4 Å². The van der Waals surface area contributed by atoms with Gasteiger partial charge < -0.3 is 15.0 Å². The number of carbonyl (C=O) groups is 2. The van der Waals surface area contributed by atoms with Gasteiger partial charge in [0.25, 0.3) is 0 Å². The van der Waals surface area contributed by atoms with Crippen LogP contribution >= 0.6 is 0 Å². The van der Waals surface area contributed by atoms with Gasteiger partial charge in [0.2, 0.25) is 21.8 Å². The van der Waals surface area contributed by atoms with Gasteiger partial charge in [-0.25, -0.2) is 12.8 Å². The lowest BCUT2D eigenvalue weighted by Gasteiger charge is -2.26. The van der Waals surface area contributed by atoms with Gasteiger partial charge in [-0.3, -0.25) is 9.59 Å². The maximum absolute atomic E-state index is 14.4. The average Bonchev–Trinajstić information content (AvgIpc) is 3.17. The molecule has 2 heterocycles. The first-order valence-electron chi connectivity index (χ1n) is 10.8. The molecule has 2 amide bonds. The Labute approximate surface area is 192 Å². The van der Waals surface area contributed by atoms with E-state index in [1.54, 1.807) is 4.90 Å². The molecule has 176 valence electrons. The number of amides is 2. The molecule has 2 fully saturated rings. The van der Waals surface area contributed by atoms with Crippen LogP contribution in [0.1, 0.15) is 17.5 Å². The summed E-state index contributed by atoms with van der Waals surface area (Å²) in [6, 6.07) is 11.3. The monoisotopic (exact) mass is 475 g/mol. The molecule has 8 nitrogen and oxygen atoms in total. The Morgan fingerprint density at radius 3 is 2.55 bits per heavy atom. The van der Waals surface area contributed by atoms with E-state index in [0.29, 0.717) is 6.54 Å². The van der Waals surface area contributed by atoms with Gasteiger partial charge in [0.05, 0.1) is 19.1 Å². The lowest BCUT2D eigenvalue weighted by Crippen LogP contribution is -2.40. The van der Waals surface area contributed by atoms with Crippen molar-refractivity contribution >= 4 is 27.5 Å². The van der Waals surface area contributed by atoms with Gasteiger partial charge >= 0.3 is 0 Å². The number of carbonyl (C=O) groups excluding carboxylic acids is 2. The second-order valence-electron chi connectivity index (χ2n) is 8.31. The van der Waals surface area contributed by atoms with Crippen molar-refractivity contribution in [1.82, 2.24) is 9.21 Å². The fourth-order valence-corrected chi connectivity index (χ4v) is 5.46. The number of ether oxygens (including phenoxy) is 1. The van der Waals surface area contributed by atoms with Crippen molar-refractivity contribution < 1.29 is 27.1 Å². The zero-order valence-electron chi connectivity index (χ0n) is 18.3. The van der Waals surface area contributed by atoms with E-state index in [4.69, 9.17) is 4.74 Å². The molecule has 10 heteroatoms. The van der Waals surface area contributed by atoms with E-state index in [9.17, 15) is 22.4 Å². The fraction of sp³-hybridized carbons (Fsp3) is 0.391. The van der Waals surface area contributed by atoms with Gasteiger partial charge in [0, 0.05) is 38.3 Å². The number of benzene rings is 2. The first-order chi connectivity index (χ1) is 15.7. The SMILES string of the molecule is Cc1ccc(CN2C[C@@H](C(=O)Nc3ccc(F)c(S(=O)(=O)N4CCOCC4)c3)CC2=O)cc1. The number of halogens is 1. The molecule has 4 rings (SSSR count). The van der Waals surface area contributed by atoms with Crippen molar-refractivity contribution in [1.29, 1.82) is 0 Å². The standard InChI is InChI=1S/C23H26FN3O5S/c1-16-2-4-17(5-3-16)14-26-15-18(12-22(26)28)23(29)25-19-6-7-20(24)21(13-19)33(30,31)27-8-10-32-11-9-27/h2-7,13,18H,8-12,14-15H2,1H3,(H,25,29)/t18-/m0/s1. The number of nitrogens with one attached hydrogen (secondary N) is 1. The third-order valence-corrected chi connectivity index (χ3v) is 7.78. The topological polar surface area (TPSA) is 96.0 Å². The number of sulfonamides is 1. The number of hydrogen-bond acceptors (Lipinski definition) is 5. The van der Waals surface area contributed by atoms with Gasteiger partial charge in [0.15, 0.2) is 0 Å². The summed E-state index contributed by atoms with van der Waals surface area (Å²) in [4.78, 5) is 26.3. The number of morpholine rings is 1. The minimum atomic E-state index is -4.06. The highest BCUT2D eigenvalue weighted by atomic mass is 32.2. The Balaban J connectivity index is 1.43. The summed E-state index contributed by atoms with van der Waals surface area (Å²) in [6.45, 7) is 3.43. The fourth-order valence-electron chi connectivity index (χ4n) is 3.96. The van der Waals surface area contributed by atoms with Crippen LogP contribution in [0, 0.1) is 18.7 Å². The smallest absolute Gasteiger partial charge is 0.246 e. The van der Waals surface area contributed by atoms with E-state index in [2.05, 4.69) is 5.32 Å². The number of nitrogens with zero attached hydrogens (tertiary/aromatic N) is 2. The largest absolute Gasteiger partial charge is 0.379 e. The summed E-state index contributed by atoms with van der Waals surface area (Å²) in [5.41, 5.74) is 2.27. The summed E-state index contributed by atoms with van der Waals surface area (Å²) < 4.78 is 46.4. The van der Waals surface area contributed by atoms with E-state index in [1.807, 2.05) is 31.2 Å². The predicted molar refractivity (Wildman–Crippen MR) is 119 cm³/mol. The maximum Gasteiger partial charge on any atom is 0.246 e. The molecule has 2 aromatic rings. The van der Waals surface area contributed by atoms with Crippen molar-refractivity contribution in [3.8, 4) is 0 Å². The van der Waals surface area contributed by atoms with Gasteiger partial charge in [-0.15, -0.1) is 0 Å². The van der Waals surface area contributed by atoms with Crippen LogP contribution in [0.3, 0.4) is 0 Å². The van der Waals surface area contributed by atoms with Crippen LogP contribution in [0.5, 0.6) is 0 Å². The summed E-state index contributed by atoms with van der Waals surface area (Å²) in [7, 11) is -4.06. The Morgan fingerprint density at radius 2 is 1.85 bits per heavy atom. The molecule has 2 aliphatic rings. The zero-order valence-corrected chi connectivity index (χ0v) is 19.1. The summed E-state index contributed by atoms with van der Waals surface area (Å²) >= 11 is 0. The molecule has 0 aliphatic carbocycles. The number of rotatable bonds is 6. The molecule has 1 N–H and O–H groups in total. The maximum atomic E-state index is 14.4. The van der Waals surface area contributed by atoms with Crippen LogP contribution in [0.15, 0.2) is 47.4 Å². The second-order valence-corrected chi connectivity index (χ2v) is 10.2. The summed E-state index contributed by atoms with van der Waals surface area (Å²) in [5.74, 6) is -1.99. The molecule has 1 atom stereocenters. The first kappa shape index (κ1) is 23.3. The van der Waals surface area contributed by atoms with Gasteiger partial charge in [0.1, 0.15) is 10.7 Å². The van der Waals surface area contributed by atoms with Gasteiger partial charge in [-0.1, -0.05) is 29.8 Å². The molecule has 2 aromatic carbocycles. The van der Waals surface area contributed by atoms with Crippen molar-refractivity contribution in [2.24, 2.45) is 5.92 Å². The number of aryl methyl sites for hydroxylation is 1. The normalized spacial score (nSPS) is 19.6. The molecule has 0 bridgehead atoms. The number of anilines is 1. The molecule has 0 radical (unpaired) electrons. The lowest BCUT2D eigenvalue weighted by atomic mass is 10.1. The van der Waals surface area contributed by atoms with E-state index < -0.39 is 32.6 Å². The van der Waals surface area contributed by atoms with Crippen LogP contribution in [-0.2, 0) is 30.9 Å². The Hall–Kier alpha value is -2.82. The first-order valence-corrected chi connectivity index (χ1v) is 12.2. The minimum absolute atomic E-state index is 0.0673. The molecule has 0 spiro atoms. The van der Waals surface area contributed by atoms with Crippen LogP contribution in [-0.4, -0.2) is 62.3 Å². The second kappa shape index (κ2) is 9.58. The zero-order chi connectivity index (χ0) is 23.6. The molecule has 0 saturated carbocycles. The Kier molecular flexibility index (Phi) is 6.78. The third-order valence-electron chi connectivity index (χ3n) is 5.87. The molecule has 2 saturated heterocycles. The van der Waals surface area contributed by atoms with E-state index in [1.165, 1.54) is 10.4 Å². The van der Waals surface area contributed by atoms with Gasteiger partial charge in [-0.05, 0) is 30.7 Å². The van der Waals surface area contributed by atoms with Crippen molar-refractivity contribution in [2.75, 3.05) is 38.2 Å². The molecule has 33 heavy (non-hydrogen) atoms. The highest BCUT2D eigenvalue weighted by Crippen LogP contribution is 2.26. The van der Waals surface area contributed by atoms with Crippen LogP contribution in [0.4, 0.5) is 10.1 Å².